The minimum absolute atomic E-state index is 0.204. The second-order valence-electron chi connectivity index (χ2n) is 4.23. The van der Waals surface area contributed by atoms with Crippen molar-refractivity contribution in [3.8, 4) is 17.2 Å². The van der Waals surface area contributed by atoms with Crippen molar-refractivity contribution < 1.29 is 14.2 Å². The fraction of sp³-hybridized carbons (Fsp3) is 0.538. The molecule has 1 aliphatic heterocycles. The van der Waals surface area contributed by atoms with Gasteiger partial charge in [-0.3, -0.25) is 5.32 Å². The summed E-state index contributed by atoms with van der Waals surface area (Å²) < 4.78 is 16.2. The lowest BCUT2D eigenvalue weighted by Crippen LogP contribution is -2.22. The predicted molar refractivity (Wildman–Crippen MR) is 73.9 cm³/mol. The lowest BCUT2D eigenvalue weighted by molar-refractivity contribution is 0.366. The summed E-state index contributed by atoms with van der Waals surface area (Å²) in [5.41, 5.74) is 1.05. The highest BCUT2D eigenvalue weighted by Crippen LogP contribution is 2.44. The molecule has 1 aliphatic rings. The summed E-state index contributed by atoms with van der Waals surface area (Å²) in [6, 6.07) is 4.28. The third-order valence-electron chi connectivity index (χ3n) is 2.96. The Balaban J connectivity index is 2.43. The molecule has 0 bridgehead atoms. The lowest BCUT2D eigenvalue weighted by atomic mass is 10.1. The normalized spacial score (nSPS) is 22.9. The van der Waals surface area contributed by atoms with Crippen LogP contribution < -0.4 is 19.5 Å². The number of hydrogen-bond acceptors (Lipinski definition) is 5. The Morgan fingerprint density at radius 1 is 1.11 bits per heavy atom. The average molecular weight is 269 g/mol. The molecule has 18 heavy (non-hydrogen) atoms. The van der Waals surface area contributed by atoms with E-state index in [2.05, 4.69) is 12.2 Å². The van der Waals surface area contributed by atoms with Crippen LogP contribution in [0.2, 0.25) is 0 Å². The van der Waals surface area contributed by atoms with Crippen LogP contribution in [0.1, 0.15) is 17.9 Å². The predicted octanol–water partition coefficient (Wildman–Crippen LogP) is 2.44. The van der Waals surface area contributed by atoms with Gasteiger partial charge in [0.15, 0.2) is 0 Å². The van der Waals surface area contributed by atoms with E-state index in [1.165, 1.54) is 0 Å². The summed E-state index contributed by atoms with van der Waals surface area (Å²) in [4.78, 5) is 0. The van der Waals surface area contributed by atoms with Gasteiger partial charge >= 0.3 is 0 Å². The summed E-state index contributed by atoms with van der Waals surface area (Å²) in [6.45, 7) is 2.18. The van der Waals surface area contributed by atoms with Crippen LogP contribution in [-0.2, 0) is 0 Å². The molecular weight excluding hydrogens is 250 g/mol. The molecule has 1 heterocycles. The number of hydrogen-bond donors (Lipinski definition) is 1. The fourth-order valence-corrected chi connectivity index (χ4v) is 3.36. The molecule has 2 rings (SSSR count). The first-order valence-corrected chi connectivity index (χ1v) is 6.92. The van der Waals surface area contributed by atoms with Gasteiger partial charge < -0.3 is 14.2 Å². The maximum Gasteiger partial charge on any atom is 0.131 e. The van der Waals surface area contributed by atoms with Crippen LogP contribution in [-0.4, -0.2) is 33.1 Å². The molecule has 0 saturated carbocycles. The molecule has 100 valence electrons. The standard InChI is InChI=1S/C13H19NO3S/c1-8-7-18-13(14-8)12-10(16-3)5-9(15-2)6-11(12)17-4/h5-6,8,13-14H,7H2,1-4H3. The van der Waals surface area contributed by atoms with Crippen molar-refractivity contribution in [1.82, 2.24) is 5.32 Å². The van der Waals surface area contributed by atoms with Crippen molar-refractivity contribution in [2.75, 3.05) is 27.1 Å². The third kappa shape index (κ3) is 2.52. The average Bonchev–Trinajstić information content (AvgIpc) is 2.83. The molecule has 0 amide bonds. The van der Waals surface area contributed by atoms with Gasteiger partial charge in [-0.2, -0.15) is 0 Å². The SMILES string of the molecule is COc1cc(OC)c(C2NC(C)CS2)c(OC)c1. The zero-order valence-corrected chi connectivity index (χ0v) is 12.0. The van der Waals surface area contributed by atoms with E-state index >= 15 is 0 Å². The third-order valence-corrected chi connectivity index (χ3v) is 4.36. The molecule has 2 unspecified atom stereocenters. The molecule has 1 aromatic carbocycles. The first kappa shape index (κ1) is 13.4. The summed E-state index contributed by atoms with van der Waals surface area (Å²) in [7, 11) is 4.97. The quantitative estimate of drug-likeness (QED) is 0.909. The van der Waals surface area contributed by atoms with Gasteiger partial charge in [0.25, 0.3) is 0 Å². The van der Waals surface area contributed by atoms with Crippen molar-refractivity contribution in [3.63, 3.8) is 0 Å². The summed E-state index contributed by atoms with van der Waals surface area (Å²) >= 11 is 1.86. The number of rotatable bonds is 4. The highest BCUT2D eigenvalue weighted by atomic mass is 32.2. The number of ether oxygens (including phenoxy) is 3. The Kier molecular flexibility index (Phi) is 4.24. The Morgan fingerprint density at radius 2 is 1.72 bits per heavy atom. The monoisotopic (exact) mass is 269 g/mol. The second kappa shape index (κ2) is 5.71. The van der Waals surface area contributed by atoms with Gasteiger partial charge in [-0.25, -0.2) is 0 Å². The first-order chi connectivity index (χ1) is 8.69. The van der Waals surface area contributed by atoms with Gasteiger partial charge in [0.2, 0.25) is 0 Å². The molecule has 0 aliphatic carbocycles. The number of nitrogens with one attached hydrogen (secondary N) is 1. The van der Waals surface area contributed by atoms with Crippen LogP contribution in [0, 0.1) is 0 Å². The zero-order chi connectivity index (χ0) is 13.1. The van der Waals surface area contributed by atoms with Crippen LogP contribution >= 0.6 is 11.8 Å². The van der Waals surface area contributed by atoms with E-state index in [4.69, 9.17) is 14.2 Å². The van der Waals surface area contributed by atoms with Crippen LogP contribution in [0.15, 0.2) is 12.1 Å². The van der Waals surface area contributed by atoms with Gasteiger partial charge in [-0.15, -0.1) is 11.8 Å². The Hall–Kier alpha value is -1.07. The van der Waals surface area contributed by atoms with E-state index in [-0.39, 0.29) is 5.37 Å². The molecule has 0 spiro atoms. The van der Waals surface area contributed by atoms with Crippen molar-refractivity contribution in [1.29, 1.82) is 0 Å². The lowest BCUT2D eigenvalue weighted by Gasteiger charge is -2.19. The van der Waals surface area contributed by atoms with Gasteiger partial charge in [0, 0.05) is 23.9 Å². The van der Waals surface area contributed by atoms with E-state index in [9.17, 15) is 0 Å². The summed E-state index contributed by atoms with van der Waals surface area (Å²) in [5, 5.41) is 3.72. The van der Waals surface area contributed by atoms with Gasteiger partial charge in [-0.05, 0) is 6.92 Å². The van der Waals surface area contributed by atoms with E-state index in [0.717, 1.165) is 28.6 Å². The molecule has 1 N–H and O–H groups in total. The van der Waals surface area contributed by atoms with E-state index in [0.29, 0.717) is 6.04 Å². The van der Waals surface area contributed by atoms with E-state index in [1.807, 2.05) is 23.9 Å². The van der Waals surface area contributed by atoms with Gasteiger partial charge in [0.05, 0.1) is 32.3 Å². The molecule has 1 fully saturated rings. The Bertz CT molecular complexity index is 400. The second-order valence-corrected chi connectivity index (χ2v) is 5.36. The van der Waals surface area contributed by atoms with Crippen molar-refractivity contribution in [3.05, 3.63) is 17.7 Å². The van der Waals surface area contributed by atoms with Gasteiger partial charge in [-0.1, -0.05) is 0 Å². The highest BCUT2D eigenvalue weighted by molar-refractivity contribution is 7.99. The van der Waals surface area contributed by atoms with E-state index < -0.39 is 0 Å². The molecule has 5 heteroatoms. The van der Waals surface area contributed by atoms with Crippen LogP contribution in [0.4, 0.5) is 0 Å². The maximum atomic E-state index is 5.46. The fourth-order valence-electron chi connectivity index (χ4n) is 2.05. The number of methoxy groups -OCH3 is 3. The molecule has 2 atom stereocenters. The number of benzene rings is 1. The molecule has 1 aromatic rings. The largest absolute Gasteiger partial charge is 0.496 e. The molecule has 1 saturated heterocycles. The minimum Gasteiger partial charge on any atom is -0.496 e. The molecule has 0 radical (unpaired) electrons. The van der Waals surface area contributed by atoms with Crippen LogP contribution in [0.3, 0.4) is 0 Å². The van der Waals surface area contributed by atoms with Crippen LogP contribution in [0.25, 0.3) is 0 Å². The summed E-state index contributed by atoms with van der Waals surface area (Å²) in [6.07, 6.45) is 0. The zero-order valence-electron chi connectivity index (χ0n) is 11.1. The minimum atomic E-state index is 0.204. The molecular formula is C13H19NO3S. The smallest absolute Gasteiger partial charge is 0.131 e. The van der Waals surface area contributed by atoms with Gasteiger partial charge in [0.1, 0.15) is 17.2 Å². The Labute approximate surface area is 112 Å². The topological polar surface area (TPSA) is 39.7 Å². The molecule has 0 aromatic heterocycles. The first-order valence-electron chi connectivity index (χ1n) is 5.87. The highest BCUT2D eigenvalue weighted by Gasteiger charge is 2.28. The van der Waals surface area contributed by atoms with Crippen molar-refractivity contribution in [2.45, 2.75) is 18.3 Å². The Morgan fingerprint density at radius 3 is 2.11 bits per heavy atom. The van der Waals surface area contributed by atoms with Crippen LogP contribution in [0.5, 0.6) is 17.2 Å². The number of thioether (sulfide) groups is 1. The van der Waals surface area contributed by atoms with Crippen molar-refractivity contribution >= 4 is 11.8 Å². The van der Waals surface area contributed by atoms with E-state index in [1.54, 1.807) is 21.3 Å². The van der Waals surface area contributed by atoms with Crippen molar-refractivity contribution in [2.24, 2.45) is 0 Å². The maximum absolute atomic E-state index is 5.46. The molecule has 4 nitrogen and oxygen atoms in total. The summed E-state index contributed by atoms with van der Waals surface area (Å²) in [5.74, 6) is 3.42.